The lowest BCUT2D eigenvalue weighted by atomic mass is 9.99. The van der Waals surface area contributed by atoms with Crippen LogP contribution >= 0.6 is 0 Å². The summed E-state index contributed by atoms with van der Waals surface area (Å²) in [7, 11) is 0. The van der Waals surface area contributed by atoms with Gasteiger partial charge in [-0.3, -0.25) is 0 Å². The van der Waals surface area contributed by atoms with E-state index >= 15 is 0 Å². The van der Waals surface area contributed by atoms with Crippen molar-refractivity contribution >= 4 is 12.0 Å². The van der Waals surface area contributed by atoms with E-state index in [1.165, 1.54) is 19.3 Å². The van der Waals surface area contributed by atoms with Crippen molar-refractivity contribution in [3.05, 3.63) is 24.2 Å². The Bertz CT molecular complexity index is 416. The Balaban J connectivity index is 2.60. The predicted octanol–water partition coefficient (Wildman–Crippen LogP) is 2.07. The number of carboxylic acid groups (broad SMARTS) is 1. The van der Waals surface area contributed by atoms with Gasteiger partial charge in [-0.15, -0.1) is 0 Å². The molecule has 1 unspecified atom stereocenters. The van der Waals surface area contributed by atoms with E-state index in [0.29, 0.717) is 6.54 Å². The number of nitrogens with one attached hydrogen (secondary N) is 2. The third-order valence-electron chi connectivity index (χ3n) is 2.87. The zero-order valence-corrected chi connectivity index (χ0v) is 11.2. The van der Waals surface area contributed by atoms with E-state index in [-0.39, 0.29) is 5.76 Å². The van der Waals surface area contributed by atoms with E-state index in [4.69, 9.17) is 4.42 Å². The van der Waals surface area contributed by atoms with Gasteiger partial charge in [0.15, 0.2) is 5.54 Å². The number of hydrogen-bond acceptors (Lipinski definition) is 3. The summed E-state index contributed by atoms with van der Waals surface area (Å²) in [6.45, 7) is 3.98. The van der Waals surface area contributed by atoms with Crippen molar-refractivity contribution in [2.45, 2.75) is 38.6 Å². The van der Waals surface area contributed by atoms with Crippen LogP contribution in [0.5, 0.6) is 0 Å². The van der Waals surface area contributed by atoms with E-state index in [0.717, 1.165) is 19.3 Å². The molecular formula is C13H20N2O4. The van der Waals surface area contributed by atoms with Crippen molar-refractivity contribution in [3.63, 3.8) is 0 Å². The lowest BCUT2D eigenvalue weighted by molar-refractivity contribution is -0.144. The molecule has 1 atom stereocenters. The minimum absolute atomic E-state index is 0.184. The highest BCUT2D eigenvalue weighted by Crippen LogP contribution is 2.21. The zero-order chi connectivity index (χ0) is 14.3. The SMILES string of the molecule is CCCCCNC(=O)NC(C)(C(=O)O)c1ccco1. The van der Waals surface area contributed by atoms with Gasteiger partial charge in [-0.05, 0) is 25.5 Å². The van der Waals surface area contributed by atoms with Gasteiger partial charge in [-0.1, -0.05) is 19.8 Å². The molecule has 6 heteroatoms. The normalized spacial score (nSPS) is 13.6. The average molecular weight is 268 g/mol. The quantitative estimate of drug-likeness (QED) is 0.660. The maximum atomic E-state index is 11.7. The van der Waals surface area contributed by atoms with Crippen molar-refractivity contribution < 1.29 is 19.1 Å². The van der Waals surface area contributed by atoms with E-state index in [9.17, 15) is 14.7 Å². The largest absolute Gasteiger partial charge is 0.479 e. The maximum absolute atomic E-state index is 11.7. The van der Waals surface area contributed by atoms with Crippen LogP contribution in [0.15, 0.2) is 22.8 Å². The van der Waals surface area contributed by atoms with Crippen LogP contribution in [0.25, 0.3) is 0 Å². The molecule has 0 aliphatic heterocycles. The molecular weight excluding hydrogens is 248 g/mol. The number of carbonyl (C=O) groups is 2. The van der Waals surface area contributed by atoms with E-state index < -0.39 is 17.5 Å². The Morgan fingerprint density at radius 2 is 2.16 bits per heavy atom. The number of unbranched alkanes of at least 4 members (excludes halogenated alkanes) is 2. The van der Waals surface area contributed by atoms with Crippen LogP contribution in [0.4, 0.5) is 4.79 Å². The van der Waals surface area contributed by atoms with Gasteiger partial charge in [0.1, 0.15) is 5.76 Å². The highest BCUT2D eigenvalue weighted by atomic mass is 16.4. The Morgan fingerprint density at radius 1 is 1.42 bits per heavy atom. The Morgan fingerprint density at radius 3 is 2.68 bits per heavy atom. The molecule has 106 valence electrons. The summed E-state index contributed by atoms with van der Waals surface area (Å²) in [5.41, 5.74) is -1.57. The fraction of sp³-hybridized carbons (Fsp3) is 0.538. The van der Waals surface area contributed by atoms with Crippen molar-refractivity contribution in [3.8, 4) is 0 Å². The number of urea groups is 1. The summed E-state index contributed by atoms with van der Waals surface area (Å²) in [4.78, 5) is 23.0. The minimum Gasteiger partial charge on any atom is -0.479 e. The van der Waals surface area contributed by atoms with Crippen LogP contribution in [0.3, 0.4) is 0 Å². The number of carbonyl (C=O) groups excluding carboxylic acids is 1. The fourth-order valence-corrected chi connectivity index (χ4v) is 1.63. The van der Waals surface area contributed by atoms with Crippen molar-refractivity contribution in [1.29, 1.82) is 0 Å². The Labute approximate surface area is 112 Å². The fourth-order valence-electron chi connectivity index (χ4n) is 1.63. The molecule has 19 heavy (non-hydrogen) atoms. The summed E-state index contributed by atoms with van der Waals surface area (Å²) in [6.07, 6.45) is 4.32. The Kier molecular flexibility index (Phi) is 5.41. The molecule has 2 amide bonds. The first-order chi connectivity index (χ1) is 9.00. The van der Waals surface area contributed by atoms with E-state index in [2.05, 4.69) is 17.6 Å². The molecule has 3 N–H and O–H groups in total. The molecule has 0 fully saturated rings. The zero-order valence-electron chi connectivity index (χ0n) is 11.2. The number of hydrogen-bond donors (Lipinski definition) is 3. The summed E-state index contributed by atoms with van der Waals surface area (Å²) in [5.74, 6) is -0.991. The molecule has 1 rings (SSSR count). The summed E-state index contributed by atoms with van der Waals surface area (Å²) in [6, 6.07) is 2.58. The second-order valence-corrected chi connectivity index (χ2v) is 4.50. The van der Waals surface area contributed by atoms with Gasteiger partial charge in [-0.25, -0.2) is 9.59 Å². The standard InChI is InChI=1S/C13H20N2O4/c1-3-4-5-8-14-12(18)15-13(2,11(16)17)10-7-6-9-19-10/h6-7,9H,3-5,8H2,1-2H3,(H,16,17)(H2,14,15,18). The summed E-state index contributed by atoms with van der Waals surface area (Å²) >= 11 is 0. The molecule has 0 aliphatic carbocycles. The molecule has 0 saturated carbocycles. The van der Waals surface area contributed by atoms with Gasteiger partial charge in [-0.2, -0.15) is 0 Å². The van der Waals surface area contributed by atoms with Gasteiger partial charge in [0, 0.05) is 6.54 Å². The van der Waals surface area contributed by atoms with Crippen molar-refractivity contribution in [2.75, 3.05) is 6.54 Å². The molecule has 1 heterocycles. The molecule has 1 aromatic heterocycles. The van der Waals surface area contributed by atoms with Crippen LogP contribution in [0.1, 0.15) is 38.9 Å². The first-order valence-corrected chi connectivity index (χ1v) is 6.34. The predicted molar refractivity (Wildman–Crippen MR) is 69.8 cm³/mol. The summed E-state index contributed by atoms with van der Waals surface area (Å²) < 4.78 is 5.08. The number of amides is 2. The van der Waals surface area contributed by atoms with Gasteiger partial charge >= 0.3 is 12.0 Å². The smallest absolute Gasteiger partial charge is 0.337 e. The van der Waals surface area contributed by atoms with Crippen LogP contribution in [0, 0.1) is 0 Å². The average Bonchev–Trinajstić information content (AvgIpc) is 2.88. The van der Waals surface area contributed by atoms with Gasteiger partial charge in [0.05, 0.1) is 6.26 Å². The molecule has 0 bridgehead atoms. The number of rotatable bonds is 7. The molecule has 0 aromatic carbocycles. The van der Waals surface area contributed by atoms with Crippen molar-refractivity contribution in [2.24, 2.45) is 0 Å². The molecule has 0 saturated heterocycles. The first kappa shape index (κ1) is 15.1. The molecule has 6 nitrogen and oxygen atoms in total. The highest BCUT2D eigenvalue weighted by molar-refractivity contribution is 5.86. The maximum Gasteiger partial charge on any atom is 0.337 e. The van der Waals surface area contributed by atoms with Crippen LogP contribution in [-0.4, -0.2) is 23.7 Å². The molecule has 0 spiro atoms. The van der Waals surface area contributed by atoms with Gasteiger partial charge in [0.2, 0.25) is 0 Å². The van der Waals surface area contributed by atoms with Gasteiger partial charge in [0.25, 0.3) is 0 Å². The van der Waals surface area contributed by atoms with Crippen LogP contribution < -0.4 is 10.6 Å². The third-order valence-corrected chi connectivity index (χ3v) is 2.87. The van der Waals surface area contributed by atoms with Gasteiger partial charge < -0.3 is 20.2 Å². The minimum atomic E-state index is -1.57. The van der Waals surface area contributed by atoms with E-state index in [1.807, 2.05) is 0 Å². The van der Waals surface area contributed by atoms with E-state index in [1.54, 1.807) is 6.07 Å². The highest BCUT2D eigenvalue weighted by Gasteiger charge is 2.39. The van der Waals surface area contributed by atoms with Crippen LogP contribution in [-0.2, 0) is 10.3 Å². The topological polar surface area (TPSA) is 91.6 Å². The van der Waals surface area contributed by atoms with Crippen molar-refractivity contribution in [1.82, 2.24) is 10.6 Å². The lowest BCUT2D eigenvalue weighted by Gasteiger charge is -2.24. The first-order valence-electron chi connectivity index (χ1n) is 6.34. The molecule has 0 radical (unpaired) electrons. The monoisotopic (exact) mass is 268 g/mol. The molecule has 0 aliphatic rings. The Hall–Kier alpha value is -1.98. The second-order valence-electron chi connectivity index (χ2n) is 4.50. The van der Waals surface area contributed by atoms with Crippen LogP contribution in [0.2, 0.25) is 0 Å². The number of aliphatic carboxylic acids is 1. The lowest BCUT2D eigenvalue weighted by Crippen LogP contribution is -2.52. The third kappa shape index (κ3) is 4.01. The number of carboxylic acids is 1. The second kappa shape index (κ2) is 6.82. The molecule has 1 aromatic rings. The number of furan rings is 1. The summed E-state index contributed by atoms with van der Waals surface area (Å²) in [5, 5.41) is 14.3.